The van der Waals surface area contributed by atoms with Crippen LogP contribution in [0.15, 0.2) is 15.9 Å². The highest BCUT2D eigenvalue weighted by molar-refractivity contribution is 7.98. The van der Waals surface area contributed by atoms with Gasteiger partial charge in [0.2, 0.25) is 11.8 Å². The van der Waals surface area contributed by atoms with E-state index < -0.39 is 17.2 Å². The summed E-state index contributed by atoms with van der Waals surface area (Å²) in [5.74, 6) is 1.33. The molecule has 2 amide bonds. The molecule has 0 spiro atoms. The lowest BCUT2D eigenvalue weighted by Gasteiger charge is -2.12. The molecule has 4 rings (SSSR count). The van der Waals surface area contributed by atoms with Crippen LogP contribution < -0.4 is 21.9 Å². The molecule has 0 saturated heterocycles. The van der Waals surface area contributed by atoms with Crippen molar-refractivity contribution in [3.63, 3.8) is 0 Å². The number of hydrogen-bond donors (Lipinski definition) is 2. The minimum absolute atomic E-state index is 0.00391. The number of aryl methyl sites for hydroxylation is 1. The number of carbonyl (C=O) groups is 2. The average molecular weight is 461 g/mol. The van der Waals surface area contributed by atoms with Gasteiger partial charge in [-0.3, -0.25) is 23.5 Å². The lowest BCUT2D eigenvalue weighted by atomic mass is 10.3. The topological polar surface area (TPSA) is 138 Å². The molecular formula is C19H24N8O4S. The Labute approximate surface area is 186 Å². The molecule has 170 valence electrons. The summed E-state index contributed by atoms with van der Waals surface area (Å²) in [7, 11) is 2.90. The van der Waals surface area contributed by atoms with Crippen LogP contribution in [0.1, 0.15) is 24.6 Å². The first-order valence-electron chi connectivity index (χ1n) is 10.2. The zero-order valence-electron chi connectivity index (χ0n) is 18.0. The number of imidazole rings is 1. The van der Waals surface area contributed by atoms with Gasteiger partial charge in [-0.25, -0.2) is 14.5 Å². The Morgan fingerprint density at radius 1 is 1.12 bits per heavy atom. The van der Waals surface area contributed by atoms with Gasteiger partial charge in [0.25, 0.3) is 5.56 Å². The zero-order valence-corrected chi connectivity index (χ0v) is 18.9. The quantitative estimate of drug-likeness (QED) is 0.487. The third kappa shape index (κ3) is 3.83. The van der Waals surface area contributed by atoms with Gasteiger partial charge in [-0.05, 0) is 6.42 Å². The van der Waals surface area contributed by atoms with Gasteiger partial charge in [0, 0.05) is 37.7 Å². The molecule has 0 fully saturated rings. The van der Waals surface area contributed by atoms with Crippen LogP contribution in [-0.4, -0.2) is 46.8 Å². The molecule has 32 heavy (non-hydrogen) atoms. The average Bonchev–Trinajstić information content (AvgIpc) is 3.46. The van der Waals surface area contributed by atoms with Crippen molar-refractivity contribution in [2.45, 2.75) is 37.9 Å². The van der Waals surface area contributed by atoms with Crippen LogP contribution >= 0.6 is 11.8 Å². The van der Waals surface area contributed by atoms with Gasteiger partial charge < -0.3 is 15.2 Å². The number of carbonyl (C=O) groups excluding carboxylic acids is 2. The largest absolute Gasteiger partial charge is 0.355 e. The molecule has 0 bridgehead atoms. The summed E-state index contributed by atoms with van der Waals surface area (Å²) >= 11 is 1.69. The molecule has 4 heterocycles. The van der Waals surface area contributed by atoms with E-state index in [1.165, 1.54) is 34.2 Å². The van der Waals surface area contributed by atoms with E-state index in [0.717, 1.165) is 28.0 Å². The first kappa shape index (κ1) is 21.9. The fourth-order valence-electron chi connectivity index (χ4n) is 3.62. The molecule has 0 aromatic carbocycles. The predicted octanol–water partition coefficient (Wildman–Crippen LogP) is -0.458. The molecule has 1 aliphatic heterocycles. The fraction of sp³-hybridized carbons (Fsp3) is 0.474. The van der Waals surface area contributed by atoms with Crippen molar-refractivity contribution in [3.8, 4) is 0 Å². The van der Waals surface area contributed by atoms with E-state index in [1.54, 1.807) is 11.8 Å². The van der Waals surface area contributed by atoms with E-state index in [4.69, 9.17) is 0 Å². The summed E-state index contributed by atoms with van der Waals surface area (Å²) in [6, 6.07) is 0. The number of amides is 2. The van der Waals surface area contributed by atoms with Gasteiger partial charge in [-0.15, -0.1) is 0 Å². The molecule has 3 aromatic heterocycles. The molecule has 0 radical (unpaired) electrons. The Morgan fingerprint density at radius 3 is 2.66 bits per heavy atom. The predicted molar refractivity (Wildman–Crippen MR) is 119 cm³/mol. The number of rotatable bonds is 7. The maximum atomic E-state index is 12.9. The molecule has 13 heteroatoms. The second-order valence-corrected chi connectivity index (χ2v) is 8.56. The van der Waals surface area contributed by atoms with E-state index in [9.17, 15) is 19.2 Å². The molecule has 12 nitrogen and oxygen atoms in total. The first-order chi connectivity index (χ1) is 15.3. The summed E-state index contributed by atoms with van der Waals surface area (Å²) in [6.07, 6.45) is 2.19. The maximum absolute atomic E-state index is 12.9. The van der Waals surface area contributed by atoms with Crippen molar-refractivity contribution in [3.05, 3.63) is 38.4 Å². The molecule has 1 aliphatic rings. The van der Waals surface area contributed by atoms with Crippen molar-refractivity contribution in [1.82, 2.24) is 33.8 Å². The first-order valence-corrected chi connectivity index (χ1v) is 11.3. The Morgan fingerprint density at radius 2 is 1.91 bits per heavy atom. The van der Waals surface area contributed by atoms with Crippen LogP contribution in [0, 0.1) is 0 Å². The van der Waals surface area contributed by atoms with Gasteiger partial charge in [-0.1, -0.05) is 6.92 Å². The lowest BCUT2D eigenvalue weighted by molar-refractivity contribution is -0.122. The summed E-state index contributed by atoms with van der Waals surface area (Å²) in [6.45, 7) is 2.36. The highest BCUT2D eigenvalue weighted by Crippen LogP contribution is 2.34. The minimum atomic E-state index is -0.525. The van der Waals surface area contributed by atoms with Gasteiger partial charge in [-0.2, -0.15) is 16.9 Å². The van der Waals surface area contributed by atoms with Crippen LogP contribution in [0.2, 0.25) is 0 Å². The molecule has 0 atom stereocenters. The number of fused-ring (bicyclic) bond motifs is 2. The third-order valence-corrected chi connectivity index (χ3v) is 6.24. The van der Waals surface area contributed by atoms with Gasteiger partial charge in [0.1, 0.15) is 18.9 Å². The lowest BCUT2D eigenvalue weighted by Crippen LogP contribution is -2.38. The van der Waals surface area contributed by atoms with Crippen molar-refractivity contribution in [1.29, 1.82) is 0 Å². The SMILES string of the molecule is CCCNC(=O)Cn1nc2c(c1NC(=O)Cn1cnc3c1c(=O)n(C)c(=O)n3C)CSC2. The molecule has 0 saturated carbocycles. The summed E-state index contributed by atoms with van der Waals surface area (Å²) in [4.78, 5) is 53.9. The van der Waals surface area contributed by atoms with Gasteiger partial charge in [0.05, 0.1) is 12.0 Å². The Bertz CT molecular complexity index is 1330. The van der Waals surface area contributed by atoms with Crippen LogP contribution in [-0.2, 0) is 48.3 Å². The normalized spacial score (nSPS) is 12.8. The zero-order chi connectivity index (χ0) is 23.0. The van der Waals surface area contributed by atoms with E-state index in [-0.39, 0.29) is 30.2 Å². The second-order valence-electron chi connectivity index (χ2n) is 7.57. The Hall–Kier alpha value is -3.35. The number of hydrogen-bond acceptors (Lipinski definition) is 7. The van der Waals surface area contributed by atoms with Crippen molar-refractivity contribution < 1.29 is 9.59 Å². The minimum Gasteiger partial charge on any atom is -0.355 e. The van der Waals surface area contributed by atoms with Crippen LogP contribution in [0.25, 0.3) is 11.2 Å². The molecular weight excluding hydrogens is 436 g/mol. The van der Waals surface area contributed by atoms with E-state index in [0.29, 0.717) is 18.1 Å². The standard InChI is InChI=1S/C19H24N8O4S/c1-4-5-20-13(28)7-27-16(11-8-32-9-12(11)23-27)22-14(29)6-26-10-21-17-15(26)18(30)25(3)19(31)24(17)2/h10H,4-9H2,1-3H3,(H,20,28)(H,22,29). The van der Waals surface area contributed by atoms with Gasteiger partial charge in [0.15, 0.2) is 11.2 Å². The highest BCUT2D eigenvalue weighted by Gasteiger charge is 2.25. The van der Waals surface area contributed by atoms with E-state index >= 15 is 0 Å². The van der Waals surface area contributed by atoms with Crippen LogP contribution in [0.4, 0.5) is 5.82 Å². The molecule has 3 aromatic rings. The number of aromatic nitrogens is 6. The van der Waals surface area contributed by atoms with Crippen molar-refractivity contribution in [2.75, 3.05) is 11.9 Å². The smallest absolute Gasteiger partial charge is 0.332 e. The molecule has 0 aliphatic carbocycles. The van der Waals surface area contributed by atoms with Gasteiger partial charge >= 0.3 is 5.69 Å². The number of thioether (sulfide) groups is 1. The van der Waals surface area contributed by atoms with Crippen molar-refractivity contribution >= 4 is 40.6 Å². The van der Waals surface area contributed by atoms with E-state index in [1.807, 2.05) is 6.92 Å². The highest BCUT2D eigenvalue weighted by atomic mass is 32.2. The maximum Gasteiger partial charge on any atom is 0.332 e. The number of nitrogens with zero attached hydrogens (tertiary/aromatic N) is 6. The number of nitrogens with one attached hydrogen (secondary N) is 2. The third-order valence-electron chi connectivity index (χ3n) is 5.27. The monoisotopic (exact) mass is 460 g/mol. The van der Waals surface area contributed by atoms with Crippen molar-refractivity contribution in [2.24, 2.45) is 14.1 Å². The van der Waals surface area contributed by atoms with Crippen LogP contribution in [0.5, 0.6) is 0 Å². The molecule has 0 unspecified atom stereocenters. The molecule has 2 N–H and O–H groups in total. The van der Waals surface area contributed by atoms with E-state index in [2.05, 4.69) is 20.7 Å². The number of anilines is 1. The summed E-state index contributed by atoms with van der Waals surface area (Å²) in [5.41, 5.74) is 1.11. The Kier molecular flexibility index (Phi) is 5.91. The summed E-state index contributed by atoms with van der Waals surface area (Å²) < 4.78 is 5.17. The summed E-state index contributed by atoms with van der Waals surface area (Å²) in [5, 5.41) is 10.2. The van der Waals surface area contributed by atoms with Crippen LogP contribution in [0.3, 0.4) is 0 Å². The fourth-order valence-corrected chi connectivity index (χ4v) is 4.65. The second kappa shape index (κ2) is 8.65. The Balaban J connectivity index is 1.60.